The zero-order valence-corrected chi connectivity index (χ0v) is 20.3. The van der Waals surface area contributed by atoms with Gasteiger partial charge in [0, 0.05) is 38.1 Å². The third-order valence-electron chi connectivity index (χ3n) is 6.27. The van der Waals surface area contributed by atoms with E-state index in [2.05, 4.69) is 16.0 Å². The number of benzene rings is 2. The summed E-state index contributed by atoms with van der Waals surface area (Å²) >= 11 is 0. The van der Waals surface area contributed by atoms with Gasteiger partial charge in [0.2, 0.25) is 0 Å². The van der Waals surface area contributed by atoms with Crippen LogP contribution >= 0.6 is 0 Å². The van der Waals surface area contributed by atoms with E-state index in [-0.39, 0.29) is 25.1 Å². The van der Waals surface area contributed by atoms with Crippen molar-refractivity contribution in [3.8, 4) is 11.5 Å². The van der Waals surface area contributed by atoms with Crippen molar-refractivity contribution in [2.24, 2.45) is 0 Å². The first kappa shape index (κ1) is 23.8. The predicted molar refractivity (Wildman–Crippen MR) is 136 cm³/mol. The van der Waals surface area contributed by atoms with Crippen molar-refractivity contribution < 1.29 is 23.8 Å². The Balaban J connectivity index is 1.34. The van der Waals surface area contributed by atoms with E-state index in [4.69, 9.17) is 14.2 Å². The molecular formula is C28H29N3O5. The van der Waals surface area contributed by atoms with E-state index < -0.39 is 0 Å². The topological polar surface area (TPSA) is 81.2 Å². The number of carbonyl (C=O) groups is 2. The Hall–Kier alpha value is -3.91. The van der Waals surface area contributed by atoms with E-state index >= 15 is 0 Å². The van der Waals surface area contributed by atoms with E-state index in [1.54, 1.807) is 36.7 Å². The Kier molecular flexibility index (Phi) is 7.13. The molecule has 8 nitrogen and oxygen atoms in total. The van der Waals surface area contributed by atoms with E-state index in [0.717, 1.165) is 23.5 Å². The van der Waals surface area contributed by atoms with Gasteiger partial charge in [0.1, 0.15) is 17.1 Å². The summed E-state index contributed by atoms with van der Waals surface area (Å²) in [4.78, 5) is 34.2. The Morgan fingerprint density at radius 3 is 2.67 bits per heavy atom. The first-order chi connectivity index (χ1) is 17.6. The first-order valence-electron chi connectivity index (χ1n) is 12.3. The second kappa shape index (κ2) is 10.8. The van der Waals surface area contributed by atoms with Crippen LogP contribution in [0, 0.1) is 0 Å². The molecule has 1 amide bonds. The van der Waals surface area contributed by atoms with Crippen LogP contribution in [0.4, 0.5) is 11.4 Å². The number of aromatic nitrogens is 1. The highest BCUT2D eigenvalue weighted by Gasteiger charge is 2.36. The van der Waals surface area contributed by atoms with Gasteiger partial charge in [-0.2, -0.15) is 0 Å². The lowest BCUT2D eigenvalue weighted by Gasteiger charge is -2.38. The Labute approximate surface area is 210 Å². The summed E-state index contributed by atoms with van der Waals surface area (Å²) in [5, 5.41) is 0. The van der Waals surface area contributed by atoms with Crippen LogP contribution < -0.4 is 14.5 Å². The Morgan fingerprint density at radius 2 is 1.86 bits per heavy atom. The van der Waals surface area contributed by atoms with Gasteiger partial charge in [-0.05, 0) is 55.7 Å². The number of para-hydroxylation sites is 2. The van der Waals surface area contributed by atoms with Gasteiger partial charge in [0.15, 0.2) is 6.79 Å². The molecule has 5 rings (SSSR count). The molecule has 3 aromatic rings. The summed E-state index contributed by atoms with van der Waals surface area (Å²) in [7, 11) is 0. The average Bonchev–Trinajstić information content (AvgIpc) is 3.74. The molecule has 0 spiro atoms. The molecule has 0 unspecified atom stereocenters. The summed E-state index contributed by atoms with van der Waals surface area (Å²) in [6.07, 6.45) is 5.63. The second-order valence-electron chi connectivity index (χ2n) is 8.80. The third-order valence-corrected chi connectivity index (χ3v) is 6.27. The maximum atomic E-state index is 13.7. The number of ether oxygens (including phenoxy) is 3. The fraction of sp³-hybridized carbons (Fsp3) is 0.321. The van der Waals surface area contributed by atoms with E-state index in [0.29, 0.717) is 36.3 Å². The molecule has 186 valence electrons. The Bertz CT molecular complexity index is 1240. The number of amides is 1. The van der Waals surface area contributed by atoms with Gasteiger partial charge in [0.25, 0.3) is 5.91 Å². The van der Waals surface area contributed by atoms with Gasteiger partial charge in [-0.1, -0.05) is 24.3 Å². The highest BCUT2D eigenvalue weighted by molar-refractivity contribution is 6.09. The van der Waals surface area contributed by atoms with Crippen LogP contribution in [-0.4, -0.2) is 49.4 Å². The molecule has 1 aliphatic carbocycles. The summed E-state index contributed by atoms with van der Waals surface area (Å²) in [5.74, 6) is 0.388. The molecule has 0 N–H and O–H groups in total. The quantitative estimate of drug-likeness (QED) is 0.248. The van der Waals surface area contributed by atoms with Crippen LogP contribution in [0.1, 0.15) is 35.7 Å². The lowest BCUT2D eigenvalue weighted by Crippen LogP contribution is -2.45. The first-order valence-corrected chi connectivity index (χ1v) is 12.3. The SMILES string of the molecule is CCOCOC(=O)Cc1cccc(Oc2ccncc2C(=O)N2CCN(C3CC3)c3ccccc32)c1. The molecule has 0 radical (unpaired) electrons. The number of nitrogens with zero attached hydrogens (tertiary/aromatic N) is 3. The van der Waals surface area contributed by atoms with E-state index in [1.807, 2.05) is 36.1 Å². The minimum absolute atomic E-state index is 0.0634. The van der Waals surface area contributed by atoms with Crippen LogP contribution in [0.3, 0.4) is 0 Å². The molecular weight excluding hydrogens is 458 g/mol. The number of fused-ring (bicyclic) bond motifs is 1. The van der Waals surface area contributed by atoms with Crippen LogP contribution in [0.25, 0.3) is 0 Å². The molecule has 1 fully saturated rings. The zero-order chi connectivity index (χ0) is 24.9. The highest BCUT2D eigenvalue weighted by Crippen LogP contribution is 2.40. The molecule has 2 aromatic carbocycles. The number of hydrogen-bond donors (Lipinski definition) is 0. The molecule has 0 atom stereocenters. The van der Waals surface area contributed by atoms with Crippen molar-refractivity contribution in [3.05, 3.63) is 78.1 Å². The summed E-state index contributed by atoms with van der Waals surface area (Å²) in [6, 6.07) is 17.5. The minimum atomic E-state index is -0.385. The largest absolute Gasteiger partial charge is 0.456 e. The van der Waals surface area contributed by atoms with Crippen LogP contribution in [-0.2, 0) is 20.7 Å². The molecule has 1 saturated carbocycles. The van der Waals surface area contributed by atoms with E-state index in [1.165, 1.54) is 12.8 Å². The highest BCUT2D eigenvalue weighted by atomic mass is 16.7. The lowest BCUT2D eigenvalue weighted by molar-refractivity contribution is -0.154. The number of rotatable bonds is 9. The van der Waals surface area contributed by atoms with Crippen LogP contribution in [0.5, 0.6) is 11.5 Å². The van der Waals surface area contributed by atoms with Gasteiger partial charge in [0.05, 0.1) is 17.8 Å². The molecule has 0 saturated heterocycles. The molecule has 8 heteroatoms. The zero-order valence-electron chi connectivity index (χ0n) is 20.3. The summed E-state index contributed by atoms with van der Waals surface area (Å²) in [5.41, 5.74) is 3.12. The number of carbonyl (C=O) groups excluding carboxylic acids is 2. The molecule has 2 aliphatic rings. The van der Waals surface area contributed by atoms with E-state index in [9.17, 15) is 9.59 Å². The maximum Gasteiger partial charge on any atom is 0.312 e. The lowest BCUT2D eigenvalue weighted by atomic mass is 10.1. The van der Waals surface area contributed by atoms with Crippen LogP contribution in [0.2, 0.25) is 0 Å². The van der Waals surface area contributed by atoms with Gasteiger partial charge < -0.3 is 24.0 Å². The van der Waals surface area contributed by atoms with Crippen molar-refractivity contribution in [2.45, 2.75) is 32.2 Å². The van der Waals surface area contributed by atoms with Crippen molar-refractivity contribution in [1.29, 1.82) is 0 Å². The van der Waals surface area contributed by atoms with Crippen LogP contribution in [0.15, 0.2) is 67.0 Å². The van der Waals surface area contributed by atoms with Gasteiger partial charge in [-0.25, -0.2) is 0 Å². The molecule has 0 bridgehead atoms. The standard InChI is InChI=1S/C28H29N3O5/c1-2-34-19-35-27(32)17-20-6-5-7-22(16-20)36-26-12-13-29-18-23(26)28(33)31-15-14-30(21-10-11-21)24-8-3-4-9-25(24)31/h3-9,12-13,16,18,21H,2,10-11,14-15,17,19H2,1H3. The normalized spacial score (nSPS) is 14.8. The molecule has 1 aliphatic heterocycles. The monoisotopic (exact) mass is 487 g/mol. The fourth-order valence-corrected chi connectivity index (χ4v) is 4.39. The summed E-state index contributed by atoms with van der Waals surface area (Å²) in [6.45, 7) is 3.64. The van der Waals surface area contributed by atoms with Gasteiger partial charge in [-0.15, -0.1) is 0 Å². The van der Waals surface area contributed by atoms with Crippen molar-refractivity contribution in [2.75, 3.05) is 36.3 Å². The molecule has 2 heterocycles. The second-order valence-corrected chi connectivity index (χ2v) is 8.80. The maximum absolute atomic E-state index is 13.7. The number of esters is 1. The molecule has 36 heavy (non-hydrogen) atoms. The summed E-state index contributed by atoms with van der Waals surface area (Å²) < 4.78 is 16.2. The smallest absolute Gasteiger partial charge is 0.312 e. The minimum Gasteiger partial charge on any atom is -0.456 e. The number of pyridine rings is 1. The fourth-order valence-electron chi connectivity index (χ4n) is 4.39. The average molecular weight is 488 g/mol. The van der Waals surface area contributed by atoms with Crippen molar-refractivity contribution in [3.63, 3.8) is 0 Å². The molecule has 1 aromatic heterocycles. The van der Waals surface area contributed by atoms with Gasteiger partial charge in [-0.3, -0.25) is 14.6 Å². The Morgan fingerprint density at radius 1 is 1.03 bits per heavy atom. The van der Waals surface area contributed by atoms with Crippen molar-refractivity contribution >= 4 is 23.3 Å². The predicted octanol–water partition coefficient (Wildman–Crippen LogP) is 4.58. The van der Waals surface area contributed by atoms with Gasteiger partial charge >= 0.3 is 5.97 Å². The van der Waals surface area contributed by atoms with Crippen molar-refractivity contribution in [1.82, 2.24) is 4.98 Å². The number of hydrogen-bond acceptors (Lipinski definition) is 7. The number of anilines is 2. The third kappa shape index (κ3) is 5.33.